The Bertz CT molecular complexity index is 569. The van der Waals surface area contributed by atoms with E-state index in [0.717, 1.165) is 19.6 Å². The molecular weight excluding hydrogens is 244 g/mol. The standard InChI is InChI=1S/C18H20N2/c1-15(10-16-6-3-2-4-7-16)12-20-13-18(14-20)17-8-5-9-19-11-17/h2-11,18H,12-14H2,1H3/b15-10+. The lowest BCUT2D eigenvalue weighted by Crippen LogP contribution is -2.45. The smallest absolute Gasteiger partial charge is 0.0303 e. The highest BCUT2D eigenvalue weighted by atomic mass is 15.2. The zero-order valence-electron chi connectivity index (χ0n) is 11.9. The first-order valence-corrected chi connectivity index (χ1v) is 7.16. The van der Waals surface area contributed by atoms with Gasteiger partial charge in [0, 0.05) is 37.9 Å². The number of nitrogens with zero attached hydrogens (tertiary/aromatic N) is 2. The Morgan fingerprint density at radius 2 is 2.00 bits per heavy atom. The van der Waals surface area contributed by atoms with Crippen LogP contribution in [-0.2, 0) is 0 Å². The van der Waals surface area contributed by atoms with Crippen molar-refractivity contribution in [1.82, 2.24) is 9.88 Å². The van der Waals surface area contributed by atoms with E-state index in [4.69, 9.17) is 0 Å². The molecule has 1 aromatic carbocycles. The topological polar surface area (TPSA) is 16.1 Å². The fraction of sp³-hybridized carbons (Fsp3) is 0.278. The minimum Gasteiger partial charge on any atom is -0.298 e. The quantitative estimate of drug-likeness (QED) is 0.839. The Kier molecular flexibility index (Phi) is 3.93. The van der Waals surface area contributed by atoms with Gasteiger partial charge >= 0.3 is 0 Å². The van der Waals surface area contributed by atoms with E-state index in [0.29, 0.717) is 5.92 Å². The first-order chi connectivity index (χ1) is 9.81. The maximum absolute atomic E-state index is 4.20. The van der Waals surface area contributed by atoms with Crippen molar-refractivity contribution >= 4 is 6.08 Å². The second-order valence-corrected chi connectivity index (χ2v) is 5.58. The molecule has 102 valence electrons. The van der Waals surface area contributed by atoms with Crippen molar-refractivity contribution in [2.24, 2.45) is 0 Å². The molecule has 3 rings (SSSR count). The third-order valence-electron chi connectivity index (χ3n) is 3.80. The normalized spacial score (nSPS) is 16.9. The molecular formula is C18H20N2. The Balaban J connectivity index is 1.53. The van der Waals surface area contributed by atoms with E-state index >= 15 is 0 Å². The van der Waals surface area contributed by atoms with E-state index in [1.165, 1.54) is 16.7 Å². The predicted molar refractivity (Wildman–Crippen MR) is 83.5 cm³/mol. The van der Waals surface area contributed by atoms with E-state index in [2.05, 4.69) is 59.3 Å². The number of pyridine rings is 1. The fourth-order valence-corrected chi connectivity index (χ4v) is 2.76. The van der Waals surface area contributed by atoms with Gasteiger partial charge in [-0.2, -0.15) is 0 Å². The van der Waals surface area contributed by atoms with E-state index in [-0.39, 0.29) is 0 Å². The monoisotopic (exact) mass is 264 g/mol. The molecule has 20 heavy (non-hydrogen) atoms. The third kappa shape index (κ3) is 3.14. The number of rotatable bonds is 4. The zero-order valence-corrected chi connectivity index (χ0v) is 11.9. The molecule has 0 N–H and O–H groups in total. The Labute approximate surface area is 120 Å². The highest BCUT2D eigenvalue weighted by Crippen LogP contribution is 2.26. The van der Waals surface area contributed by atoms with Gasteiger partial charge in [0.25, 0.3) is 0 Å². The van der Waals surface area contributed by atoms with Crippen molar-refractivity contribution in [3.05, 3.63) is 71.6 Å². The van der Waals surface area contributed by atoms with Crippen LogP contribution in [0.1, 0.15) is 24.0 Å². The molecule has 0 spiro atoms. The van der Waals surface area contributed by atoms with Crippen LogP contribution in [0.5, 0.6) is 0 Å². The number of hydrogen-bond donors (Lipinski definition) is 0. The average molecular weight is 264 g/mol. The molecule has 2 heteroatoms. The van der Waals surface area contributed by atoms with Crippen molar-refractivity contribution in [2.45, 2.75) is 12.8 Å². The lowest BCUT2D eigenvalue weighted by Gasteiger charge is -2.39. The van der Waals surface area contributed by atoms with Crippen LogP contribution in [0, 0.1) is 0 Å². The zero-order chi connectivity index (χ0) is 13.8. The molecule has 1 fully saturated rings. The van der Waals surface area contributed by atoms with Crippen molar-refractivity contribution in [3.8, 4) is 0 Å². The Hall–Kier alpha value is -1.93. The van der Waals surface area contributed by atoms with E-state index in [9.17, 15) is 0 Å². The second-order valence-electron chi connectivity index (χ2n) is 5.58. The number of likely N-dealkylation sites (tertiary alicyclic amines) is 1. The van der Waals surface area contributed by atoms with Crippen molar-refractivity contribution in [2.75, 3.05) is 19.6 Å². The van der Waals surface area contributed by atoms with E-state index < -0.39 is 0 Å². The molecule has 0 unspecified atom stereocenters. The van der Waals surface area contributed by atoms with Crippen LogP contribution in [0.25, 0.3) is 6.08 Å². The molecule has 1 aliphatic rings. The summed E-state index contributed by atoms with van der Waals surface area (Å²) in [5.41, 5.74) is 4.07. The van der Waals surface area contributed by atoms with Gasteiger partial charge in [-0.05, 0) is 24.1 Å². The van der Waals surface area contributed by atoms with Gasteiger partial charge in [0.15, 0.2) is 0 Å². The summed E-state index contributed by atoms with van der Waals surface area (Å²) in [5, 5.41) is 0. The molecule has 1 aliphatic heterocycles. The Morgan fingerprint density at radius 3 is 2.70 bits per heavy atom. The third-order valence-corrected chi connectivity index (χ3v) is 3.80. The van der Waals surface area contributed by atoms with Crippen LogP contribution in [0.4, 0.5) is 0 Å². The number of hydrogen-bond acceptors (Lipinski definition) is 2. The average Bonchev–Trinajstić information content (AvgIpc) is 2.44. The number of aromatic nitrogens is 1. The minimum atomic E-state index is 0.660. The summed E-state index contributed by atoms with van der Waals surface area (Å²) in [7, 11) is 0. The molecule has 0 radical (unpaired) electrons. The molecule has 1 aromatic heterocycles. The van der Waals surface area contributed by atoms with Crippen molar-refractivity contribution < 1.29 is 0 Å². The van der Waals surface area contributed by atoms with Gasteiger partial charge in [-0.1, -0.05) is 48.0 Å². The van der Waals surface area contributed by atoms with Crippen LogP contribution in [-0.4, -0.2) is 29.5 Å². The van der Waals surface area contributed by atoms with Crippen molar-refractivity contribution in [3.63, 3.8) is 0 Å². The minimum absolute atomic E-state index is 0.660. The van der Waals surface area contributed by atoms with Gasteiger partial charge in [0.1, 0.15) is 0 Å². The molecule has 2 nitrogen and oxygen atoms in total. The highest BCUT2D eigenvalue weighted by Gasteiger charge is 2.27. The van der Waals surface area contributed by atoms with Gasteiger partial charge in [-0.15, -0.1) is 0 Å². The molecule has 0 atom stereocenters. The molecule has 0 aliphatic carbocycles. The molecule has 2 aromatic rings. The van der Waals surface area contributed by atoms with Gasteiger partial charge in [-0.25, -0.2) is 0 Å². The molecule has 0 saturated carbocycles. The fourth-order valence-electron chi connectivity index (χ4n) is 2.76. The number of benzene rings is 1. The summed E-state index contributed by atoms with van der Waals surface area (Å²) >= 11 is 0. The second kappa shape index (κ2) is 6.02. The van der Waals surface area contributed by atoms with Crippen LogP contribution in [0.15, 0.2) is 60.4 Å². The molecule has 0 amide bonds. The van der Waals surface area contributed by atoms with Crippen LogP contribution >= 0.6 is 0 Å². The van der Waals surface area contributed by atoms with Gasteiger partial charge in [0.2, 0.25) is 0 Å². The maximum Gasteiger partial charge on any atom is 0.0303 e. The van der Waals surface area contributed by atoms with Crippen LogP contribution in [0.2, 0.25) is 0 Å². The van der Waals surface area contributed by atoms with Gasteiger partial charge < -0.3 is 0 Å². The van der Waals surface area contributed by atoms with Crippen molar-refractivity contribution in [1.29, 1.82) is 0 Å². The molecule has 0 bridgehead atoms. The first-order valence-electron chi connectivity index (χ1n) is 7.16. The van der Waals surface area contributed by atoms with Gasteiger partial charge in [0.05, 0.1) is 0 Å². The first kappa shape index (κ1) is 13.1. The SMILES string of the molecule is C/C(=C\c1ccccc1)CN1CC(c2cccnc2)C1. The lowest BCUT2D eigenvalue weighted by molar-refractivity contribution is 0.163. The summed E-state index contributed by atoms with van der Waals surface area (Å²) in [6, 6.07) is 14.7. The van der Waals surface area contributed by atoms with E-state index in [1.54, 1.807) is 0 Å². The molecule has 2 heterocycles. The largest absolute Gasteiger partial charge is 0.298 e. The summed E-state index contributed by atoms with van der Waals surface area (Å²) in [6.07, 6.45) is 6.11. The van der Waals surface area contributed by atoms with Crippen LogP contribution < -0.4 is 0 Å². The predicted octanol–water partition coefficient (Wildman–Crippen LogP) is 3.58. The summed E-state index contributed by atoms with van der Waals surface area (Å²) < 4.78 is 0. The van der Waals surface area contributed by atoms with Crippen LogP contribution in [0.3, 0.4) is 0 Å². The summed E-state index contributed by atoms with van der Waals surface area (Å²) in [6.45, 7) is 5.56. The maximum atomic E-state index is 4.20. The van der Waals surface area contributed by atoms with Gasteiger partial charge in [-0.3, -0.25) is 9.88 Å². The Morgan fingerprint density at radius 1 is 1.20 bits per heavy atom. The highest BCUT2D eigenvalue weighted by molar-refractivity contribution is 5.52. The molecule has 1 saturated heterocycles. The van der Waals surface area contributed by atoms with E-state index in [1.807, 2.05) is 18.5 Å². The summed E-state index contributed by atoms with van der Waals surface area (Å²) in [4.78, 5) is 6.69. The summed E-state index contributed by atoms with van der Waals surface area (Å²) in [5.74, 6) is 0.660. The lowest BCUT2D eigenvalue weighted by atomic mass is 9.92.